The molecule has 0 radical (unpaired) electrons. The van der Waals surface area contributed by atoms with Crippen LogP contribution in [0.4, 0.5) is 0 Å². The number of aromatic amines is 1. The van der Waals surface area contributed by atoms with Crippen molar-refractivity contribution in [3.63, 3.8) is 0 Å². The molecule has 0 spiro atoms. The fourth-order valence-electron chi connectivity index (χ4n) is 0.790. The summed E-state index contributed by atoms with van der Waals surface area (Å²) in [6, 6.07) is 4.03. The second-order valence-electron chi connectivity index (χ2n) is 2.07. The molecule has 9 heavy (non-hydrogen) atoms. The number of ether oxygens (including phenoxy) is 1. The fraction of sp³-hybridized carbons (Fsp3) is 0.143. The Kier molecular flexibility index (Phi) is 0.859. The summed E-state index contributed by atoms with van der Waals surface area (Å²) in [5.74, 6) is 1.07. The molecule has 1 N–H and O–H groups in total. The lowest BCUT2D eigenvalue weighted by Crippen LogP contribution is -1.79. The molecule has 0 fully saturated rings. The van der Waals surface area contributed by atoms with Crippen molar-refractivity contribution in [3.05, 3.63) is 36.0 Å². The van der Waals surface area contributed by atoms with E-state index in [1.165, 1.54) is 5.69 Å². The summed E-state index contributed by atoms with van der Waals surface area (Å²) < 4.78 is 4.85. The highest BCUT2D eigenvalue weighted by Gasteiger charge is 2.09. The van der Waals surface area contributed by atoms with Crippen LogP contribution in [0.2, 0.25) is 0 Å². The van der Waals surface area contributed by atoms with E-state index in [9.17, 15) is 0 Å². The molecule has 0 aliphatic carbocycles. The van der Waals surface area contributed by atoms with Gasteiger partial charge < -0.3 is 9.72 Å². The number of nitrogens with one attached hydrogen (secondary N) is 1. The lowest BCUT2D eigenvalue weighted by Gasteiger charge is -1.85. The van der Waals surface area contributed by atoms with Crippen LogP contribution in [0.25, 0.3) is 0 Å². The highest BCUT2D eigenvalue weighted by Crippen LogP contribution is 2.17. The van der Waals surface area contributed by atoms with Gasteiger partial charge in [0.1, 0.15) is 12.0 Å². The van der Waals surface area contributed by atoms with E-state index >= 15 is 0 Å². The van der Waals surface area contributed by atoms with Crippen LogP contribution in [-0.4, -0.2) is 4.98 Å². The van der Waals surface area contributed by atoms with Gasteiger partial charge in [-0.1, -0.05) is 0 Å². The second kappa shape index (κ2) is 1.65. The molecule has 46 valence electrons. The molecule has 2 rings (SSSR count). The Bertz CT molecular complexity index is 223. The zero-order valence-electron chi connectivity index (χ0n) is 4.92. The van der Waals surface area contributed by atoms with Gasteiger partial charge >= 0.3 is 0 Å². The van der Waals surface area contributed by atoms with Gasteiger partial charge in [-0.05, 0) is 12.1 Å². The van der Waals surface area contributed by atoms with Gasteiger partial charge in [0.05, 0.1) is 0 Å². The predicted molar refractivity (Wildman–Crippen MR) is 33.7 cm³/mol. The number of H-pyrrole nitrogens is 1. The van der Waals surface area contributed by atoms with E-state index in [2.05, 4.69) is 4.98 Å². The van der Waals surface area contributed by atoms with E-state index in [4.69, 9.17) is 4.74 Å². The van der Waals surface area contributed by atoms with E-state index in [1.54, 1.807) is 6.26 Å². The van der Waals surface area contributed by atoms with Crippen LogP contribution in [0.5, 0.6) is 0 Å². The van der Waals surface area contributed by atoms with Crippen molar-refractivity contribution in [3.8, 4) is 0 Å². The summed E-state index contributed by atoms with van der Waals surface area (Å²) in [5, 5.41) is 0. The first-order valence-corrected chi connectivity index (χ1v) is 2.93. The normalized spacial score (nSPS) is 14.4. The number of rotatable bonds is 2. The maximum atomic E-state index is 4.85. The third kappa shape index (κ3) is 0.964. The third-order valence-corrected chi connectivity index (χ3v) is 1.31. The molecule has 1 aliphatic heterocycles. The Morgan fingerprint density at radius 3 is 3.00 bits per heavy atom. The van der Waals surface area contributed by atoms with Crippen molar-refractivity contribution in [1.29, 1.82) is 0 Å². The van der Waals surface area contributed by atoms with Crippen molar-refractivity contribution in [2.24, 2.45) is 0 Å². The first-order valence-electron chi connectivity index (χ1n) is 2.93. The van der Waals surface area contributed by atoms with Crippen molar-refractivity contribution >= 4 is 0 Å². The Hall–Kier alpha value is -1.18. The van der Waals surface area contributed by atoms with Crippen molar-refractivity contribution in [1.82, 2.24) is 4.98 Å². The van der Waals surface area contributed by atoms with Crippen LogP contribution < -0.4 is 0 Å². The highest BCUT2D eigenvalue weighted by atomic mass is 16.5. The minimum absolute atomic E-state index is 0.910. The van der Waals surface area contributed by atoms with Gasteiger partial charge in [-0.15, -0.1) is 0 Å². The lowest BCUT2D eigenvalue weighted by atomic mass is 10.3. The second-order valence-corrected chi connectivity index (χ2v) is 2.07. The molecular weight excluding hydrogens is 114 g/mol. The molecule has 0 saturated heterocycles. The van der Waals surface area contributed by atoms with E-state index < -0.39 is 0 Å². The number of hydrogen-bond donors (Lipinski definition) is 1. The number of aromatic nitrogens is 1. The number of allylic oxidation sites excluding steroid dienone is 1. The third-order valence-electron chi connectivity index (χ3n) is 1.31. The van der Waals surface area contributed by atoms with Crippen LogP contribution in [0.3, 0.4) is 0 Å². The van der Waals surface area contributed by atoms with E-state index in [0.717, 1.165) is 12.2 Å². The van der Waals surface area contributed by atoms with Gasteiger partial charge in [0.25, 0.3) is 0 Å². The summed E-state index contributed by atoms with van der Waals surface area (Å²) in [6.07, 6.45) is 4.59. The Labute approximate surface area is 53.2 Å². The highest BCUT2D eigenvalue weighted by molar-refractivity contribution is 5.15. The summed E-state index contributed by atoms with van der Waals surface area (Å²) in [5.41, 5.74) is 1.21. The Morgan fingerprint density at radius 2 is 2.44 bits per heavy atom. The molecule has 1 aliphatic rings. The molecule has 1 aromatic rings. The van der Waals surface area contributed by atoms with Crippen LogP contribution in [0, 0.1) is 0 Å². The molecule has 0 amide bonds. The van der Waals surface area contributed by atoms with Crippen LogP contribution in [-0.2, 0) is 11.2 Å². The Balaban J connectivity index is 2.07. The minimum Gasteiger partial charge on any atom is -0.462 e. The van der Waals surface area contributed by atoms with Crippen LogP contribution in [0.1, 0.15) is 5.69 Å². The summed E-state index contributed by atoms with van der Waals surface area (Å²) in [7, 11) is 0. The van der Waals surface area contributed by atoms with Gasteiger partial charge in [-0.3, -0.25) is 0 Å². The minimum atomic E-state index is 0.910. The van der Waals surface area contributed by atoms with Crippen LogP contribution >= 0.6 is 0 Å². The van der Waals surface area contributed by atoms with Gasteiger partial charge in [0.2, 0.25) is 0 Å². The van der Waals surface area contributed by atoms with E-state index in [-0.39, 0.29) is 0 Å². The zero-order valence-corrected chi connectivity index (χ0v) is 4.92. The maximum absolute atomic E-state index is 4.85. The molecule has 2 nitrogen and oxygen atoms in total. The monoisotopic (exact) mass is 121 g/mol. The van der Waals surface area contributed by atoms with Crippen molar-refractivity contribution < 1.29 is 4.74 Å². The molecule has 0 saturated carbocycles. The molecule has 0 atom stereocenters. The van der Waals surface area contributed by atoms with Crippen molar-refractivity contribution in [2.45, 2.75) is 6.42 Å². The van der Waals surface area contributed by atoms with Gasteiger partial charge in [-0.2, -0.15) is 0 Å². The zero-order chi connectivity index (χ0) is 6.10. The summed E-state index contributed by atoms with van der Waals surface area (Å²) in [4.78, 5) is 3.09. The SMILES string of the molecule is C1=C(Cc2ccc[nH]2)O1. The van der Waals surface area contributed by atoms with Crippen LogP contribution in [0.15, 0.2) is 30.4 Å². The smallest absolute Gasteiger partial charge is 0.144 e. The average Bonchev–Trinajstić information content (AvgIpc) is 2.46. The first-order chi connectivity index (χ1) is 4.45. The standard InChI is InChI=1S/C7H7NO/c1-2-6(8-3-1)4-7-5-9-7/h1-3,5,8H,4H2. The van der Waals surface area contributed by atoms with E-state index in [0.29, 0.717) is 0 Å². The summed E-state index contributed by atoms with van der Waals surface area (Å²) in [6.45, 7) is 0. The molecule has 1 aromatic heterocycles. The largest absolute Gasteiger partial charge is 0.462 e. The first kappa shape index (κ1) is 4.68. The Morgan fingerprint density at radius 1 is 1.56 bits per heavy atom. The summed E-state index contributed by atoms with van der Waals surface area (Å²) >= 11 is 0. The van der Waals surface area contributed by atoms with Crippen molar-refractivity contribution in [2.75, 3.05) is 0 Å². The average molecular weight is 121 g/mol. The van der Waals surface area contributed by atoms with Gasteiger partial charge in [-0.25, -0.2) is 0 Å². The molecule has 0 aromatic carbocycles. The topological polar surface area (TPSA) is 28.3 Å². The number of hydrogen-bond acceptors (Lipinski definition) is 1. The quantitative estimate of drug-likeness (QED) is 0.629. The lowest BCUT2D eigenvalue weighted by molar-refractivity contribution is 0.490. The molecule has 0 unspecified atom stereocenters. The van der Waals surface area contributed by atoms with E-state index in [1.807, 2.05) is 18.3 Å². The maximum Gasteiger partial charge on any atom is 0.144 e. The van der Waals surface area contributed by atoms with Gasteiger partial charge in [0.15, 0.2) is 0 Å². The molecule has 2 heterocycles. The molecule has 0 bridgehead atoms. The predicted octanol–water partition coefficient (Wildman–Crippen LogP) is 1.43. The molecular formula is C7H7NO. The fourth-order valence-corrected chi connectivity index (χ4v) is 0.790. The molecule has 2 heteroatoms. The van der Waals surface area contributed by atoms with Gasteiger partial charge in [0, 0.05) is 18.3 Å².